The number of pyridine rings is 1. The molecule has 4 aromatic rings. The molecule has 0 saturated carbocycles. The SMILES string of the molecule is COc1cc(NC(=O)c2coc([C@@H](CCc3ccccc3)NC(=O)[C@H](N)CCCN)n2)nc2ccccc12. The fourth-order valence-corrected chi connectivity index (χ4v) is 4.07. The zero-order valence-electron chi connectivity index (χ0n) is 21.2. The van der Waals surface area contributed by atoms with Gasteiger partial charge >= 0.3 is 0 Å². The van der Waals surface area contributed by atoms with E-state index in [0.717, 1.165) is 10.9 Å². The van der Waals surface area contributed by atoms with Crippen molar-refractivity contribution in [2.45, 2.75) is 37.8 Å². The van der Waals surface area contributed by atoms with Crippen molar-refractivity contribution < 1.29 is 18.7 Å². The summed E-state index contributed by atoms with van der Waals surface area (Å²) in [5.41, 5.74) is 13.4. The van der Waals surface area contributed by atoms with Crippen LogP contribution in [0.5, 0.6) is 5.75 Å². The van der Waals surface area contributed by atoms with Crippen LogP contribution < -0.4 is 26.8 Å². The van der Waals surface area contributed by atoms with E-state index in [1.165, 1.54) is 6.26 Å². The number of fused-ring (bicyclic) bond motifs is 1. The van der Waals surface area contributed by atoms with Gasteiger partial charge in [-0.05, 0) is 49.9 Å². The predicted molar refractivity (Wildman–Crippen MR) is 145 cm³/mol. The second kappa shape index (κ2) is 12.8. The number of para-hydroxylation sites is 1. The van der Waals surface area contributed by atoms with Crippen LogP contribution in [0.15, 0.2) is 71.3 Å². The summed E-state index contributed by atoms with van der Waals surface area (Å²) < 4.78 is 11.1. The molecule has 2 aromatic carbocycles. The molecule has 4 rings (SSSR count). The van der Waals surface area contributed by atoms with E-state index < -0.39 is 18.0 Å². The Hall–Kier alpha value is -4.28. The molecule has 2 aromatic heterocycles. The fraction of sp³-hybridized carbons (Fsp3) is 0.286. The van der Waals surface area contributed by atoms with Crippen LogP contribution in [0.1, 0.15) is 47.2 Å². The Balaban J connectivity index is 1.51. The number of carbonyl (C=O) groups is 2. The third kappa shape index (κ3) is 6.72. The number of nitrogens with zero attached hydrogens (tertiary/aromatic N) is 2. The number of carbonyl (C=O) groups excluding carboxylic acids is 2. The van der Waals surface area contributed by atoms with Gasteiger partial charge in [-0.2, -0.15) is 0 Å². The lowest BCUT2D eigenvalue weighted by atomic mass is 10.0. The molecular weight excluding hydrogens is 484 g/mol. The second-order valence-corrected chi connectivity index (χ2v) is 8.87. The maximum absolute atomic E-state index is 13.0. The van der Waals surface area contributed by atoms with Gasteiger partial charge in [0.1, 0.15) is 23.9 Å². The lowest BCUT2D eigenvalue weighted by molar-refractivity contribution is -0.123. The minimum atomic E-state index is -0.704. The largest absolute Gasteiger partial charge is 0.496 e. The molecule has 0 bridgehead atoms. The highest BCUT2D eigenvalue weighted by molar-refractivity contribution is 6.03. The van der Waals surface area contributed by atoms with Crippen LogP contribution in [0.4, 0.5) is 5.82 Å². The number of nitrogens with two attached hydrogens (primary N) is 2. The summed E-state index contributed by atoms with van der Waals surface area (Å²) in [6.07, 6.45) is 3.53. The third-order valence-corrected chi connectivity index (χ3v) is 6.13. The first-order valence-corrected chi connectivity index (χ1v) is 12.5. The minimum absolute atomic E-state index is 0.0558. The molecule has 198 valence electrons. The monoisotopic (exact) mass is 516 g/mol. The van der Waals surface area contributed by atoms with Gasteiger partial charge in [0.25, 0.3) is 5.91 Å². The molecule has 0 aliphatic heterocycles. The van der Waals surface area contributed by atoms with Crippen molar-refractivity contribution in [1.82, 2.24) is 15.3 Å². The standard InChI is InChI=1S/C28H32N6O4/c1-37-24-16-25(31-21-12-6-5-10-19(21)24)34-27(36)23-17-38-28(33-23)22(14-13-18-8-3-2-4-9-18)32-26(35)20(30)11-7-15-29/h2-6,8-10,12,16-17,20,22H,7,11,13-15,29-30H2,1H3,(H,32,35)(H,31,34,36)/t20-,22-/m1/s1. The molecule has 0 fully saturated rings. The van der Waals surface area contributed by atoms with Gasteiger partial charge in [-0.25, -0.2) is 9.97 Å². The fourth-order valence-electron chi connectivity index (χ4n) is 4.07. The number of hydrogen-bond donors (Lipinski definition) is 4. The average molecular weight is 517 g/mol. The number of methoxy groups -OCH3 is 1. The van der Waals surface area contributed by atoms with Crippen molar-refractivity contribution >= 4 is 28.5 Å². The minimum Gasteiger partial charge on any atom is -0.496 e. The Kier molecular flexibility index (Phi) is 9.02. The van der Waals surface area contributed by atoms with Gasteiger partial charge in [0.2, 0.25) is 11.8 Å². The summed E-state index contributed by atoms with van der Waals surface area (Å²) in [4.78, 5) is 34.6. The molecule has 0 spiro atoms. The van der Waals surface area contributed by atoms with Crippen molar-refractivity contribution in [1.29, 1.82) is 0 Å². The van der Waals surface area contributed by atoms with E-state index in [1.807, 2.05) is 54.6 Å². The maximum Gasteiger partial charge on any atom is 0.278 e. The van der Waals surface area contributed by atoms with Crippen molar-refractivity contribution in [3.8, 4) is 5.75 Å². The molecule has 38 heavy (non-hydrogen) atoms. The van der Waals surface area contributed by atoms with Crippen LogP contribution in [0, 0.1) is 0 Å². The number of aromatic nitrogens is 2. The number of ether oxygens (including phenoxy) is 1. The van der Waals surface area contributed by atoms with Gasteiger partial charge in [-0.1, -0.05) is 42.5 Å². The van der Waals surface area contributed by atoms with Crippen LogP contribution in [0.3, 0.4) is 0 Å². The van der Waals surface area contributed by atoms with Gasteiger partial charge < -0.3 is 31.3 Å². The van der Waals surface area contributed by atoms with Crippen LogP contribution in [0.2, 0.25) is 0 Å². The number of rotatable bonds is 12. The zero-order chi connectivity index (χ0) is 26.9. The Morgan fingerprint density at radius 1 is 1.05 bits per heavy atom. The van der Waals surface area contributed by atoms with E-state index >= 15 is 0 Å². The number of hydrogen-bond acceptors (Lipinski definition) is 8. The van der Waals surface area contributed by atoms with Gasteiger partial charge in [0.05, 0.1) is 18.7 Å². The van der Waals surface area contributed by atoms with Crippen molar-refractivity contribution in [2.24, 2.45) is 11.5 Å². The summed E-state index contributed by atoms with van der Waals surface area (Å²) in [6.45, 7) is 0.453. The zero-order valence-corrected chi connectivity index (χ0v) is 21.2. The van der Waals surface area contributed by atoms with E-state index in [9.17, 15) is 9.59 Å². The van der Waals surface area contributed by atoms with Crippen LogP contribution >= 0.6 is 0 Å². The normalized spacial score (nSPS) is 12.6. The second-order valence-electron chi connectivity index (χ2n) is 8.87. The van der Waals surface area contributed by atoms with Crippen molar-refractivity contribution in [3.05, 3.63) is 84.1 Å². The van der Waals surface area contributed by atoms with E-state index in [0.29, 0.717) is 49.3 Å². The van der Waals surface area contributed by atoms with Gasteiger partial charge in [-0.3, -0.25) is 9.59 Å². The van der Waals surface area contributed by atoms with E-state index in [4.69, 9.17) is 20.6 Å². The van der Waals surface area contributed by atoms with E-state index in [1.54, 1.807) is 13.2 Å². The van der Waals surface area contributed by atoms with Crippen molar-refractivity contribution in [2.75, 3.05) is 19.0 Å². The Morgan fingerprint density at radius 3 is 2.58 bits per heavy atom. The van der Waals surface area contributed by atoms with Crippen LogP contribution in [-0.4, -0.2) is 41.5 Å². The average Bonchev–Trinajstić information content (AvgIpc) is 3.44. The summed E-state index contributed by atoms with van der Waals surface area (Å²) >= 11 is 0. The van der Waals surface area contributed by atoms with E-state index in [2.05, 4.69) is 20.6 Å². The molecule has 10 heteroatoms. The molecule has 0 aliphatic carbocycles. The topological polar surface area (TPSA) is 158 Å². The van der Waals surface area contributed by atoms with Gasteiger partial charge in [0, 0.05) is 11.5 Å². The summed E-state index contributed by atoms with van der Waals surface area (Å²) in [6, 6.07) is 17.7. The molecular formula is C28H32N6O4. The smallest absolute Gasteiger partial charge is 0.278 e. The van der Waals surface area contributed by atoms with Crippen LogP contribution in [-0.2, 0) is 11.2 Å². The molecule has 0 saturated heterocycles. The van der Waals surface area contributed by atoms with E-state index in [-0.39, 0.29) is 17.5 Å². The molecule has 10 nitrogen and oxygen atoms in total. The molecule has 0 aliphatic rings. The van der Waals surface area contributed by atoms with Crippen LogP contribution in [0.25, 0.3) is 10.9 Å². The molecule has 0 radical (unpaired) electrons. The lowest BCUT2D eigenvalue weighted by Gasteiger charge is -2.18. The highest BCUT2D eigenvalue weighted by atomic mass is 16.5. The summed E-state index contributed by atoms with van der Waals surface area (Å²) in [5, 5.41) is 6.51. The number of benzene rings is 2. The first kappa shape index (κ1) is 26.8. The first-order valence-electron chi connectivity index (χ1n) is 12.5. The Morgan fingerprint density at radius 2 is 1.82 bits per heavy atom. The lowest BCUT2D eigenvalue weighted by Crippen LogP contribution is -2.42. The molecule has 2 atom stereocenters. The number of anilines is 1. The highest BCUT2D eigenvalue weighted by Gasteiger charge is 2.24. The quantitative estimate of drug-likeness (QED) is 0.223. The summed E-state index contributed by atoms with van der Waals surface area (Å²) in [7, 11) is 1.56. The first-order chi connectivity index (χ1) is 18.5. The number of aryl methyl sites for hydroxylation is 1. The Labute approximate surface area is 220 Å². The molecule has 2 amide bonds. The maximum atomic E-state index is 13.0. The van der Waals surface area contributed by atoms with Gasteiger partial charge in [0.15, 0.2) is 5.69 Å². The number of nitrogens with one attached hydrogen (secondary N) is 2. The predicted octanol–water partition coefficient (Wildman–Crippen LogP) is 3.34. The summed E-state index contributed by atoms with van der Waals surface area (Å²) in [5.74, 6) is 0.289. The number of oxazole rings is 1. The highest BCUT2D eigenvalue weighted by Crippen LogP contribution is 2.27. The molecule has 6 N–H and O–H groups in total. The Bertz CT molecular complexity index is 1370. The molecule has 2 heterocycles. The van der Waals surface area contributed by atoms with Crippen molar-refractivity contribution in [3.63, 3.8) is 0 Å². The molecule has 0 unspecified atom stereocenters. The third-order valence-electron chi connectivity index (χ3n) is 6.13. The number of amides is 2. The van der Waals surface area contributed by atoms with Gasteiger partial charge in [-0.15, -0.1) is 0 Å².